The highest BCUT2D eigenvalue weighted by molar-refractivity contribution is 7.88. The number of nitrogens with one attached hydrogen (secondary N) is 1. The van der Waals surface area contributed by atoms with Crippen LogP contribution in [0, 0.1) is 11.7 Å². The Morgan fingerprint density at radius 1 is 1.17 bits per heavy atom. The summed E-state index contributed by atoms with van der Waals surface area (Å²) in [4.78, 5) is 12.5. The number of amides is 1. The Hall–Kier alpha value is -1.67. The zero-order valence-corrected chi connectivity index (χ0v) is 18.6. The van der Waals surface area contributed by atoms with E-state index in [0.29, 0.717) is 48.0 Å². The Balaban J connectivity index is 1.55. The minimum atomic E-state index is -3.62. The monoisotopic (exact) mass is 472 g/mol. The average Bonchev–Trinajstić information content (AvgIpc) is 2.71. The number of hydrogen-bond acceptors (Lipinski definition) is 3. The van der Waals surface area contributed by atoms with Crippen molar-refractivity contribution in [1.82, 2.24) is 9.62 Å². The summed E-state index contributed by atoms with van der Waals surface area (Å²) < 4.78 is 40.0. The normalized spacial score (nSPS) is 17.6. The largest absolute Gasteiger partial charge is 0.355 e. The highest BCUT2D eigenvalue weighted by atomic mass is 35.5. The molecule has 2 aromatic rings. The van der Waals surface area contributed by atoms with Crippen LogP contribution in [0.4, 0.5) is 4.39 Å². The van der Waals surface area contributed by atoms with Crippen LogP contribution in [-0.4, -0.2) is 38.3 Å². The Kier molecular flexibility index (Phi) is 7.74. The van der Waals surface area contributed by atoms with E-state index in [9.17, 15) is 17.6 Å². The van der Waals surface area contributed by atoms with E-state index in [1.165, 1.54) is 22.5 Å². The number of nitrogens with zero attached hydrogens (tertiary/aromatic N) is 1. The molecule has 1 amide bonds. The van der Waals surface area contributed by atoms with Crippen molar-refractivity contribution in [3.8, 4) is 0 Å². The van der Waals surface area contributed by atoms with E-state index in [1.807, 2.05) is 0 Å². The number of halogens is 3. The lowest BCUT2D eigenvalue weighted by molar-refractivity contribution is -0.126. The molecule has 0 unspecified atom stereocenters. The Labute approximate surface area is 186 Å². The summed E-state index contributed by atoms with van der Waals surface area (Å²) in [6.07, 6.45) is 1.83. The van der Waals surface area contributed by atoms with E-state index in [2.05, 4.69) is 5.32 Å². The molecule has 1 heterocycles. The summed E-state index contributed by atoms with van der Waals surface area (Å²) in [5.41, 5.74) is 1.40. The minimum Gasteiger partial charge on any atom is -0.355 e. The molecule has 1 fully saturated rings. The zero-order chi connectivity index (χ0) is 21.7. The van der Waals surface area contributed by atoms with Gasteiger partial charge in [-0.2, -0.15) is 0 Å². The first-order valence-electron chi connectivity index (χ1n) is 9.68. The Morgan fingerprint density at radius 3 is 2.60 bits per heavy atom. The molecule has 1 atom stereocenters. The molecule has 0 aromatic heterocycles. The van der Waals surface area contributed by atoms with Crippen molar-refractivity contribution in [2.75, 3.05) is 19.6 Å². The van der Waals surface area contributed by atoms with Gasteiger partial charge in [0.25, 0.3) is 0 Å². The first kappa shape index (κ1) is 23.0. The molecule has 2 aromatic carbocycles. The van der Waals surface area contributed by atoms with E-state index in [1.54, 1.807) is 24.3 Å². The fourth-order valence-electron chi connectivity index (χ4n) is 3.46. The summed E-state index contributed by atoms with van der Waals surface area (Å²) >= 11 is 12.0. The number of carbonyl (C=O) groups excluding carboxylic acids is 1. The summed E-state index contributed by atoms with van der Waals surface area (Å²) in [5.74, 6) is -1.10. The molecule has 30 heavy (non-hydrogen) atoms. The van der Waals surface area contributed by atoms with Crippen molar-refractivity contribution in [1.29, 1.82) is 0 Å². The van der Waals surface area contributed by atoms with Crippen LogP contribution in [0.1, 0.15) is 24.0 Å². The smallest absolute Gasteiger partial charge is 0.224 e. The highest BCUT2D eigenvalue weighted by Crippen LogP contribution is 2.26. The summed E-state index contributed by atoms with van der Waals surface area (Å²) in [6.45, 7) is 0.941. The first-order valence-corrected chi connectivity index (χ1v) is 12.0. The van der Waals surface area contributed by atoms with E-state index in [-0.39, 0.29) is 24.0 Å². The van der Waals surface area contributed by atoms with Crippen molar-refractivity contribution in [2.24, 2.45) is 5.92 Å². The maximum atomic E-state index is 13.0. The van der Waals surface area contributed by atoms with Gasteiger partial charge in [-0.15, -0.1) is 0 Å². The van der Waals surface area contributed by atoms with Crippen LogP contribution in [0.2, 0.25) is 10.0 Å². The molecular formula is C21H23Cl2FN2O3S. The Bertz CT molecular complexity index is 1000. The molecule has 1 aliphatic heterocycles. The number of rotatable bonds is 7. The van der Waals surface area contributed by atoms with Gasteiger partial charge in [0.2, 0.25) is 15.9 Å². The van der Waals surface area contributed by atoms with Crippen LogP contribution in [-0.2, 0) is 27.0 Å². The third kappa shape index (κ3) is 6.17. The van der Waals surface area contributed by atoms with Crippen molar-refractivity contribution in [3.05, 3.63) is 69.5 Å². The van der Waals surface area contributed by atoms with Gasteiger partial charge < -0.3 is 5.32 Å². The number of hydrogen-bond donors (Lipinski definition) is 1. The second kappa shape index (κ2) is 10.1. The zero-order valence-electron chi connectivity index (χ0n) is 16.3. The summed E-state index contributed by atoms with van der Waals surface area (Å²) in [5, 5.41) is 3.61. The molecular weight excluding hydrogens is 450 g/mol. The van der Waals surface area contributed by atoms with Crippen molar-refractivity contribution < 1.29 is 17.6 Å². The first-order chi connectivity index (χ1) is 14.2. The van der Waals surface area contributed by atoms with Gasteiger partial charge in [0.15, 0.2) is 0 Å². The fraction of sp³-hybridized carbons (Fsp3) is 0.381. The van der Waals surface area contributed by atoms with Gasteiger partial charge in [-0.3, -0.25) is 4.79 Å². The van der Waals surface area contributed by atoms with Crippen LogP contribution in [0.25, 0.3) is 0 Å². The molecule has 3 rings (SSSR count). The fourth-order valence-corrected chi connectivity index (χ4v) is 5.66. The molecule has 162 valence electrons. The van der Waals surface area contributed by atoms with Crippen LogP contribution >= 0.6 is 23.2 Å². The standard InChI is InChI=1S/C21H23Cl2FN2O3S/c22-18-6-5-17(20(23)12-18)14-30(28,29)26-11-1-2-16(13-26)21(27)25-10-9-15-3-7-19(24)8-4-15/h3-8,12,16H,1-2,9-11,13-14H2,(H,25,27)/t16-/m1/s1. The van der Waals surface area contributed by atoms with Gasteiger partial charge >= 0.3 is 0 Å². The van der Waals surface area contributed by atoms with Crippen molar-refractivity contribution in [3.63, 3.8) is 0 Å². The van der Waals surface area contributed by atoms with Gasteiger partial charge in [-0.25, -0.2) is 17.1 Å². The molecule has 1 N–H and O–H groups in total. The quantitative estimate of drug-likeness (QED) is 0.661. The minimum absolute atomic E-state index is 0.149. The van der Waals surface area contributed by atoms with Gasteiger partial charge in [0.05, 0.1) is 11.7 Å². The van der Waals surface area contributed by atoms with Crippen molar-refractivity contribution in [2.45, 2.75) is 25.0 Å². The third-order valence-electron chi connectivity index (χ3n) is 5.13. The van der Waals surface area contributed by atoms with Gasteiger partial charge in [0, 0.05) is 29.7 Å². The maximum Gasteiger partial charge on any atom is 0.224 e. The lowest BCUT2D eigenvalue weighted by Gasteiger charge is -2.31. The third-order valence-corrected chi connectivity index (χ3v) is 7.51. The topological polar surface area (TPSA) is 66.5 Å². The molecule has 9 heteroatoms. The van der Waals surface area contributed by atoms with Crippen molar-refractivity contribution >= 4 is 39.1 Å². The number of benzene rings is 2. The molecule has 5 nitrogen and oxygen atoms in total. The van der Waals surface area contributed by atoms with E-state index in [4.69, 9.17) is 23.2 Å². The predicted molar refractivity (Wildman–Crippen MR) is 116 cm³/mol. The highest BCUT2D eigenvalue weighted by Gasteiger charge is 2.32. The predicted octanol–water partition coefficient (Wildman–Crippen LogP) is 4.03. The second-order valence-electron chi connectivity index (χ2n) is 7.36. The average molecular weight is 473 g/mol. The maximum absolute atomic E-state index is 13.0. The lowest BCUT2D eigenvalue weighted by atomic mass is 9.99. The van der Waals surface area contributed by atoms with Gasteiger partial charge in [-0.1, -0.05) is 41.4 Å². The number of sulfonamides is 1. The molecule has 0 radical (unpaired) electrons. The molecule has 1 aliphatic rings. The van der Waals surface area contributed by atoms with E-state index in [0.717, 1.165) is 5.56 Å². The number of carbonyl (C=O) groups is 1. The molecule has 0 aliphatic carbocycles. The van der Waals surface area contributed by atoms with Crippen LogP contribution < -0.4 is 5.32 Å². The molecule has 1 saturated heterocycles. The van der Waals surface area contributed by atoms with E-state index < -0.39 is 15.9 Å². The van der Waals surface area contributed by atoms with Gasteiger partial charge in [0.1, 0.15) is 5.82 Å². The van der Waals surface area contributed by atoms with Crippen LogP contribution in [0.5, 0.6) is 0 Å². The van der Waals surface area contributed by atoms with Crippen LogP contribution in [0.3, 0.4) is 0 Å². The van der Waals surface area contributed by atoms with Gasteiger partial charge in [-0.05, 0) is 54.7 Å². The van der Waals surface area contributed by atoms with E-state index >= 15 is 0 Å². The SMILES string of the molecule is O=C(NCCc1ccc(F)cc1)[C@@H]1CCCN(S(=O)(=O)Cc2ccc(Cl)cc2Cl)C1. The Morgan fingerprint density at radius 2 is 1.90 bits per heavy atom. The lowest BCUT2D eigenvalue weighted by Crippen LogP contribution is -2.46. The summed E-state index contributed by atoms with van der Waals surface area (Å²) in [6, 6.07) is 10.8. The number of piperidine rings is 1. The molecule has 0 saturated carbocycles. The second-order valence-corrected chi connectivity index (χ2v) is 10.2. The summed E-state index contributed by atoms with van der Waals surface area (Å²) in [7, 11) is -3.62. The van der Waals surface area contributed by atoms with Crippen LogP contribution in [0.15, 0.2) is 42.5 Å². The molecule has 0 spiro atoms. The molecule has 0 bridgehead atoms.